The fourth-order valence-corrected chi connectivity index (χ4v) is 1.96. The van der Waals surface area contributed by atoms with Gasteiger partial charge in [0.15, 0.2) is 5.69 Å². The van der Waals surface area contributed by atoms with Crippen LogP contribution in [0.25, 0.3) is 0 Å². The third-order valence-electron chi connectivity index (χ3n) is 2.70. The summed E-state index contributed by atoms with van der Waals surface area (Å²) in [6, 6.07) is 0. The van der Waals surface area contributed by atoms with Crippen molar-refractivity contribution in [2.45, 2.75) is 13.1 Å². The van der Waals surface area contributed by atoms with Gasteiger partial charge in [-0.3, -0.25) is 9.58 Å². The number of carbonyl (C=O) groups excluding carboxylic acids is 1. The first-order chi connectivity index (χ1) is 8.54. The molecule has 0 saturated heterocycles. The van der Waals surface area contributed by atoms with Gasteiger partial charge in [-0.1, -0.05) is 12.7 Å². The number of carboxylic acid groups (broad SMARTS) is 1. The summed E-state index contributed by atoms with van der Waals surface area (Å²) in [7, 11) is 1.57. The van der Waals surface area contributed by atoms with E-state index in [1.807, 2.05) is 0 Å². The second-order valence-electron chi connectivity index (χ2n) is 3.92. The molecule has 1 aromatic heterocycles. The quantitative estimate of drug-likeness (QED) is 0.801. The molecule has 18 heavy (non-hydrogen) atoms. The zero-order valence-corrected chi connectivity index (χ0v) is 9.92. The molecule has 0 saturated carbocycles. The molecule has 2 heterocycles. The molecule has 0 unspecified atom stereocenters. The van der Waals surface area contributed by atoms with E-state index in [-0.39, 0.29) is 25.4 Å². The molecule has 0 fully saturated rings. The van der Waals surface area contributed by atoms with Gasteiger partial charge in [-0.05, 0) is 0 Å². The molecule has 0 bridgehead atoms. The first-order valence-corrected chi connectivity index (χ1v) is 5.35. The summed E-state index contributed by atoms with van der Waals surface area (Å²) < 4.78 is 6.21. The molecular formula is C11H13N3O4. The molecule has 1 aliphatic rings. The highest BCUT2D eigenvalue weighted by Crippen LogP contribution is 2.25. The van der Waals surface area contributed by atoms with Gasteiger partial charge in [0.1, 0.15) is 6.61 Å². The Morgan fingerprint density at radius 2 is 2.28 bits per heavy atom. The number of amides is 1. The van der Waals surface area contributed by atoms with Crippen LogP contribution in [0.3, 0.4) is 0 Å². The lowest BCUT2D eigenvalue weighted by Gasteiger charge is -2.14. The lowest BCUT2D eigenvalue weighted by molar-refractivity contribution is 0.0680. The number of ether oxygens (including phenoxy) is 1. The van der Waals surface area contributed by atoms with E-state index >= 15 is 0 Å². The van der Waals surface area contributed by atoms with E-state index in [4.69, 9.17) is 9.84 Å². The van der Waals surface area contributed by atoms with Crippen LogP contribution in [-0.2, 0) is 24.9 Å². The molecule has 7 heteroatoms. The van der Waals surface area contributed by atoms with Crippen LogP contribution >= 0.6 is 0 Å². The summed E-state index contributed by atoms with van der Waals surface area (Å²) >= 11 is 0. The predicted octanol–water partition coefficient (Wildman–Crippen LogP) is 0.756. The monoisotopic (exact) mass is 251 g/mol. The minimum absolute atomic E-state index is 0.115. The molecule has 1 aliphatic heterocycles. The Morgan fingerprint density at radius 3 is 2.89 bits per heavy atom. The molecule has 1 N–H and O–H groups in total. The molecule has 0 spiro atoms. The number of hydrogen-bond acceptors (Lipinski definition) is 4. The molecule has 0 atom stereocenters. The fourth-order valence-electron chi connectivity index (χ4n) is 1.96. The van der Waals surface area contributed by atoms with Crippen molar-refractivity contribution >= 4 is 12.1 Å². The average molecular weight is 251 g/mol. The van der Waals surface area contributed by atoms with Crippen molar-refractivity contribution in [2.75, 3.05) is 6.61 Å². The van der Waals surface area contributed by atoms with E-state index in [0.717, 1.165) is 0 Å². The highest BCUT2D eigenvalue weighted by atomic mass is 16.6. The number of rotatable bonds is 3. The van der Waals surface area contributed by atoms with Gasteiger partial charge in [0.05, 0.1) is 18.8 Å². The maximum atomic E-state index is 11.6. The zero-order valence-electron chi connectivity index (χ0n) is 9.92. The van der Waals surface area contributed by atoms with Gasteiger partial charge >= 0.3 is 12.1 Å². The van der Waals surface area contributed by atoms with Crippen LogP contribution in [-0.4, -0.2) is 38.5 Å². The third kappa shape index (κ3) is 1.94. The molecular weight excluding hydrogens is 238 g/mol. The normalized spacial score (nSPS) is 13.3. The van der Waals surface area contributed by atoms with Crippen LogP contribution < -0.4 is 0 Å². The molecule has 2 rings (SSSR count). The van der Waals surface area contributed by atoms with E-state index in [1.165, 1.54) is 15.7 Å². The summed E-state index contributed by atoms with van der Waals surface area (Å²) in [6.07, 6.45) is 0.981. The fraction of sp³-hybridized carbons (Fsp3) is 0.364. The Labute approximate surface area is 103 Å². The lowest BCUT2D eigenvalue weighted by atomic mass is 10.2. The number of aryl methyl sites for hydroxylation is 1. The number of carbonyl (C=O) groups is 2. The number of aromatic nitrogens is 2. The average Bonchev–Trinajstić information content (AvgIpc) is 2.81. The van der Waals surface area contributed by atoms with E-state index in [1.54, 1.807) is 7.05 Å². The largest absolute Gasteiger partial charge is 0.477 e. The standard InChI is InChI=1S/C11H13N3O4/c1-3-4-18-11(17)14-5-7-8(6-14)12-13(2)9(7)10(15)16/h3H,1,4-6H2,2H3,(H,15,16). The van der Waals surface area contributed by atoms with E-state index in [9.17, 15) is 9.59 Å². The minimum atomic E-state index is -1.05. The van der Waals surface area contributed by atoms with Crippen LogP contribution in [0, 0.1) is 0 Å². The van der Waals surface area contributed by atoms with Crippen molar-refractivity contribution in [3.05, 3.63) is 29.6 Å². The van der Waals surface area contributed by atoms with Crippen molar-refractivity contribution in [1.29, 1.82) is 0 Å². The van der Waals surface area contributed by atoms with Crippen LogP contribution in [0.2, 0.25) is 0 Å². The number of carboxylic acids is 1. The van der Waals surface area contributed by atoms with Crippen molar-refractivity contribution in [2.24, 2.45) is 7.05 Å². The zero-order chi connectivity index (χ0) is 13.3. The molecule has 7 nitrogen and oxygen atoms in total. The summed E-state index contributed by atoms with van der Waals surface area (Å²) in [6.45, 7) is 4.06. The number of nitrogens with zero attached hydrogens (tertiary/aromatic N) is 3. The molecule has 0 radical (unpaired) electrons. The molecule has 0 aliphatic carbocycles. The van der Waals surface area contributed by atoms with Gasteiger partial charge in [-0.15, -0.1) is 0 Å². The summed E-state index contributed by atoms with van der Waals surface area (Å²) in [5.74, 6) is -1.05. The van der Waals surface area contributed by atoms with Gasteiger partial charge in [0.25, 0.3) is 0 Å². The smallest absolute Gasteiger partial charge is 0.410 e. The van der Waals surface area contributed by atoms with E-state index < -0.39 is 12.1 Å². The highest BCUT2D eigenvalue weighted by molar-refractivity contribution is 5.88. The number of fused-ring (bicyclic) bond motifs is 1. The lowest BCUT2D eigenvalue weighted by Crippen LogP contribution is -2.27. The minimum Gasteiger partial charge on any atom is -0.477 e. The second-order valence-corrected chi connectivity index (χ2v) is 3.92. The number of hydrogen-bond donors (Lipinski definition) is 1. The highest BCUT2D eigenvalue weighted by Gasteiger charge is 2.32. The van der Waals surface area contributed by atoms with E-state index in [2.05, 4.69) is 11.7 Å². The van der Waals surface area contributed by atoms with Crippen molar-refractivity contribution in [3.8, 4) is 0 Å². The number of aromatic carboxylic acids is 1. The van der Waals surface area contributed by atoms with Crippen molar-refractivity contribution < 1.29 is 19.4 Å². The topological polar surface area (TPSA) is 84.7 Å². The predicted molar refractivity (Wildman–Crippen MR) is 61.0 cm³/mol. The Kier molecular flexibility index (Phi) is 3.05. The molecule has 1 aromatic rings. The van der Waals surface area contributed by atoms with Gasteiger partial charge in [-0.2, -0.15) is 5.10 Å². The Balaban J connectivity index is 2.16. The molecule has 96 valence electrons. The summed E-state index contributed by atoms with van der Waals surface area (Å²) in [5.41, 5.74) is 1.29. The van der Waals surface area contributed by atoms with Crippen LogP contribution in [0.4, 0.5) is 4.79 Å². The van der Waals surface area contributed by atoms with Gasteiger partial charge in [0, 0.05) is 12.6 Å². The Morgan fingerprint density at radius 1 is 1.56 bits per heavy atom. The van der Waals surface area contributed by atoms with Crippen LogP contribution in [0.15, 0.2) is 12.7 Å². The van der Waals surface area contributed by atoms with Crippen molar-refractivity contribution in [3.63, 3.8) is 0 Å². The van der Waals surface area contributed by atoms with Gasteiger partial charge < -0.3 is 9.84 Å². The first-order valence-electron chi connectivity index (χ1n) is 5.35. The second kappa shape index (κ2) is 4.52. The third-order valence-corrected chi connectivity index (χ3v) is 2.70. The maximum absolute atomic E-state index is 11.6. The SMILES string of the molecule is C=CCOC(=O)N1Cc2nn(C)c(C(=O)O)c2C1. The van der Waals surface area contributed by atoms with E-state index in [0.29, 0.717) is 11.3 Å². The Bertz CT molecular complexity index is 521. The Hall–Kier alpha value is -2.31. The summed E-state index contributed by atoms with van der Waals surface area (Å²) in [4.78, 5) is 24.1. The molecule has 1 amide bonds. The van der Waals surface area contributed by atoms with Crippen LogP contribution in [0.1, 0.15) is 21.7 Å². The summed E-state index contributed by atoms with van der Waals surface area (Å²) in [5, 5.41) is 13.2. The molecule has 0 aromatic carbocycles. The maximum Gasteiger partial charge on any atom is 0.410 e. The first kappa shape index (κ1) is 12.2. The van der Waals surface area contributed by atoms with Crippen molar-refractivity contribution in [1.82, 2.24) is 14.7 Å². The van der Waals surface area contributed by atoms with Gasteiger partial charge in [0.2, 0.25) is 0 Å². The van der Waals surface area contributed by atoms with Gasteiger partial charge in [-0.25, -0.2) is 9.59 Å². The van der Waals surface area contributed by atoms with Crippen LogP contribution in [0.5, 0.6) is 0 Å².